The highest BCUT2D eigenvalue weighted by atomic mass is 35.5. The third-order valence-corrected chi connectivity index (χ3v) is 2.99. The summed E-state index contributed by atoms with van der Waals surface area (Å²) < 4.78 is 18.6. The summed E-state index contributed by atoms with van der Waals surface area (Å²) in [4.78, 5) is 17.8. The largest absolute Gasteiger partial charge is 0.457 e. The van der Waals surface area contributed by atoms with Gasteiger partial charge in [0.05, 0.1) is 21.7 Å². The third kappa shape index (κ3) is 5.04. The molecule has 0 aliphatic carbocycles. The maximum Gasteiger partial charge on any atom is 0.275 e. The molecule has 0 aliphatic heterocycles. The Bertz CT molecular complexity index is 883. The number of nitro benzene ring substituents is 1. The van der Waals surface area contributed by atoms with E-state index in [0.717, 1.165) is 18.2 Å². The lowest BCUT2D eigenvalue weighted by atomic mass is 10.2. The van der Waals surface area contributed by atoms with Crippen molar-refractivity contribution in [1.82, 2.24) is 0 Å². The van der Waals surface area contributed by atoms with Crippen molar-refractivity contribution in [2.45, 2.75) is 0 Å². The monoisotopic (exact) mass is 366 g/mol. The quantitative estimate of drug-likeness (QED) is 0.326. The van der Waals surface area contributed by atoms with Crippen LogP contribution in [0.4, 0.5) is 15.8 Å². The molecule has 2 rings (SSSR count). The van der Waals surface area contributed by atoms with Crippen LogP contribution < -0.4 is 21.9 Å². The summed E-state index contributed by atoms with van der Waals surface area (Å²) in [5.74, 6) is -0.990. The van der Waals surface area contributed by atoms with Gasteiger partial charge in [0, 0.05) is 18.2 Å². The first-order valence-electron chi connectivity index (χ1n) is 6.61. The Morgan fingerprint density at radius 1 is 1.16 bits per heavy atom. The molecule has 0 saturated heterocycles. The normalized spacial score (nSPS) is 11.0. The van der Waals surface area contributed by atoms with Gasteiger partial charge in [0.2, 0.25) is 5.96 Å². The third-order valence-electron chi connectivity index (χ3n) is 2.70. The highest BCUT2D eigenvalue weighted by Crippen LogP contribution is 2.32. The van der Waals surface area contributed by atoms with Crippen molar-refractivity contribution in [2.24, 2.45) is 27.2 Å². The summed E-state index contributed by atoms with van der Waals surface area (Å²) in [6, 6.07) is 7.32. The second kappa shape index (κ2) is 7.45. The molecule has 0 radical (unpaired) electrons. The molecular weight excluding hydrogens is 355 g/mol. The predicted octanol–water partition coefficient (Wildman–Crippen LogP) is 2.40. The van der Waals surface area contributed by atoms with Crippen LogP contribution in [0.1, 0.15) is 0 Å². The van der Waals surface area contributed by atoms with E-state index in [0.29, 0.717) is 0 Å². The minimum atomic E-state index is -0.639. The van der Waals surface area contributed by atoms with E-state index >= 15 is 0 Å². The van der Waals surface area contributed by atoms with E-state index in [1.807, 2.05) is 0 Å². The fraction of sp³-hybridized carbons (Fsp3) is 0. The highest BCUT2D eigenvalue weighted by Gasteiger charge is 2.12. The summed E-state index contributed by atoms with van der Waals surface area (Å²) in [7, 11) is 0. The summed E-state index contributed by atoms with van der Waals surface area (Å²) >= 11 is 5.67. The smallest absolute Gasteiger partial charge is 0.275 e. The van der Waals surface area contributed by atoms with Crippen molar-refractivity contribution >= 4 is 34.9 Å². The number of hydrogen-bond donors (Lipinski definition) is 3. The first-order chi connectivity index (χ1) is 11.7. The van der Waals surface area contributed by atoms with Gasteiger partial charge in [0.1, 0.15) is 17.3 Å². The van der Waals surface area contributed by atoms with E-state index in [1.165, 1.54) is 18.2 Å². The van der Waals surface area contributed by atoms with Crippen LogP contribution in [-0.4, -0.2) is 16.8 Å². The van der Waals surface area contributed by atoms with Gasteiger partial charge in [-0.25, -0.2) is 9.38 Å². The molecule has 0 saturated carbocycles. The van der Waals surface area contributed by atoms with Crippen molar-refractivity contribution < 1.29 is 14.1 Å². The lowest BCUT2D eigenvalue weighted by Crippen LogP contribution is -2.26. The molecule has 2 aromatic carbocycles. The van der Waals surface area contributed by atoms with E-state index in [-0.39, 0.29) is 39.8 Å². The zero-order chi connectivity index (χ0) is 18.6. The van der Waals surface area contributed by atoms with E-state index in [1.54, 1.807) is 0 Å². The van der Waals surface area contributed by atoms with Crippen molar-refractivity contribution in [1.29, 1.82) is 0 Å². The standard InChI is InChI=1S/C14H12ClFN6O3/c15-11-6-9(1-2-12(11)16)25-10-4-7(3-8(5-10)22(23)24)20-14(19)21-13(17)18/h1-6H,(H6,17,18,19,20,21). The average molecular weight is 367 g/mol. The van der Waals surface area contributed by atoms with Gasteiger partial charge in [0.15, 0.2) is 5.96 Å². The van der Waals surface area contributed by atoms with E-state index in [9.17, 15) is 14.5 Å². The van der Waals surface area contributed by atoms with Crippen LogP contribution in [-0.2, 0) is 0 Å². The second-order valence-corrected chi connectivity index (χ2v) is 5.03. The van der Waals surface area contributed by atoms with Gasteiger partial charge in [-0.15, -0.1) is 0 Å². The van der Waals surface area contributed by atoms with E-state index in [2.05, 4.69) is 9.98 Å². The molecule has 0 spiro atoms. The minimum Gasteiger partial charge on any atom is -0.457 e. The van der Waals surface area contributed by atoms with Gasteiger partial charge in [-0.3, -0.25) is 10.1 Å². The molecule has 0 heterocycles. The number of ether oxygens (including phenoxy) is 1. The Morgan fingerprint density at radius 2 is 1.88 bits per heavy atom. The Kier molecular flexibility index (Phi) is 5.35. The van der Waals surface area contributed by atoms with Crippen LogP contribution >= 0.6 is 11.6 Å². The van der Waals surface area contributed by atoms with Crippen LogP contribution in [0.5, 0.6) is 11.5 Å². The molecule has 9 nitrogen and oxygen atoms in total. The van der Waals surface area contributed by atoms with Crippen LogP contribution in [0.3, 0.4) is 0 Å². The zero-order valence-corrected chi connectivity index (χ0v) is 13.3. The molecule has 0 unspecified atom stereocenters. The van der Waals surface area contributed by atoms with Crippen LogP contribution in [0.15, 0.2) is 46.4 Å². The number of non-ortho nitro benzene ring substituents is 1. The van der Waals surface area contributed by atoms with E-state index < -0.39 is 10.7 Å². The van der Waals surface area contributed by atoms with Gasteiger partial charge in [0.25, 0.3) is 5.69 Å². The predicted molar refractivity (Wildman–Crippen MR) is 91.7 cm³/mol. The van der Waals surface area contributed by atoms with Gasteiger partial charge in [-0.2, -0.15) is 4.99 Å². The Morgan fingerprint density at radius 3 is 2.48 bits per heavy atom. The van der Waals surface area contributed by atoms with Crippen molar-refractivity contribution in [3.8, 4) is 11.5 Å². The number of aliphatic imine (C=N–C) groups is 2. The number of rotatable bonds is 4. The summed E-state index contributed by atoms with van der Waals surface area (Å²) in [5, 5.41) is 10.9. The number of nitrogens with two attached hydrogens (primary N) is 3. The maximum atomic E-state index is 13.2. The zero-order valence-electron chi connectivity index (χ0n) is 12.5. The van der Waals surface area contributed by atoms with Crippen LogP contribution in [0, 0.1) is 15.9 Å². The Balaban J connectivity index is 2.42. The SMILES string of the molecule is NC(N)=NC(N)=Nc1cc(Oc2ccc(F)c(Cl)c2)cc([N+](=O)[O-])c1. The molecule has 0 amide bonds. The van der Waals surface area contributed by atoms with Gasteiger partial charge in [-0.05, 0) is 12.1 Å². The van der Waals surface area contributed by atoms with Crippen molar-refractivity contribution in [2.75, 3.05) is 0 Å². The molecule has 0 aromatic heterocycles. The minimum absolute atomic E-state index is 0.0631. The Labute approximate surface area is 145 Å². The first-order valence-corrected chi connectivity index (χ1v) is 6.98. The number of halogens is 2. The number of nitro groups is 1. The molecule has 0 fully saturated rings. The van der Waals surface area contributed by atoms with Crippen molar-refractivity contribution in [3.05, 3.63) is 57.4 Å². The molecule has 0 aliphatic rings. The van der Waals surface area contributed by atoms with Crippen molar-refractivity contribution in [3.63, 3.8) is 0 Å². The maximum absolute atomic E-state index is 13.2. The van der Waals surface area contributed by atoms with E-state index in [4.69, 9.17) is 33.5 Å². The van der Waals surface area contributed by atoms with Gasteiger partial charge in [-0.1, -0.05) is 11.6 Å². The fourth-order valence-corrected chi connectivity index (χ4v) is 1.93. The summed E-state index contributed by atoms with van der Waals surface area (Å²) in [5.41, 5.74) is 15.6. The Hall–Kier alpha value is -3.40. The fourth-order valence-electron chi connectivity index (χ4n) is 1.76. The van der Waals surface area contributed by atoms with Crippen LogP contribution in [0.2, 0.25) is 5.02 Å². The number of nitrogens with zero attached hydrogens (tertiary/aromatic N) is 3. The van der Waals surface area contributed by atoms with Gasteiger partial charge < -0.3 is 21.9 Å². The molecule has 0 atom stereocenters. The molecule has 130 valence electrons. The average Bonchev–Trinajstić information content (AvgIpc) is 2.49. The number of benzene rings is 2. The van der Waals surface area contributed by atoms with Gasteiger partial charge >= 0.3 is 0 Å². The summed E-state index contributed by atoms with van der Waals surface area (Å²) in [6.07, 6.45) is 0. The lowest BCUT2D eigenvalue weighted by molar-refractivity contribution is -0.384. The van der Waals surface area contributed by atoms with Crippen LogP contribution in [0.25, 0.3) is 0 Å². The molecule has 2 aromatic rings. The molecule has 25 heavy (non-hydrogen) atoms. The highest BCUT2D eigenvalue weighted by molar-refractivity contribution is 6.30. The topological polar surface area (TPSA) is 155 Å². The summed E-state index contributed by atoms with van der Waals surface area (Å²) in [6.45, 7) is 0. The molecule has 6 N–H and O–H groups in total. The first kappa shape index (κ1) is 17.9. The molecule has 0 bridgehead atoms. The number of hydrogen-bond acceptors (Lipinski definition) is 4. The lowest BCUT2D eigenvalue weighted by Gasteiger charge is -2.07. The molecule has 11 heteroatoms. The number of guanidine groups is 2. The molecular formula is C14H12ClFN6O3. The second-order valence-electron chi connectivity index (χ2n) is 4.63.